The van der Waals surface area contributed by atoms with Crippen LogP contribution in [0.25, 0.3) is 10.9 Å². The lowest BCUT2D eigenvalue weighted by molar-refractivity contribution is -0.122. The van der Waals surface area contributed by atoms with Gasteiger partial charge in [0.2, 0.25) is 0 Å². The zero-order valence-corrected chi connectivity index (χ0v) is 15.6. The van der Waals surface area contributed by atoms with Crippen molar-refractivity contribution < 1.29 is 14.3 Å². The van der Waals surface area contributed by atoms with E-state index in [1.165, 1.54) is 5.56 Å². The Morgan fingerprint density at radius 1 is 1.07 bits per heavy atom. The molecule has 1 aromatic heterocycles. The summed E-state index contributed by atoms with van der Waals surface area (Å²) in [6.45, 7) is 0.716. The van der Waals surface area contributed by atoms with Crippen LogP contribution in [0.2, 0.25) is 0 Å². The third-order valence-corrected chi connectivity index (χ3v) is 5.85. The van der Waals surface area contributed by atoms with Gasteiger partial charge in [-0.05, 0) is 48.4 Å². The van der Waals surface area contributed by atoms with Gasteiger partial charge in [-0.2, -0.15) is 0 Å². The van der Waals surface area contributed by atoms with Crippen LogP contribution in [0.1, 0.15) is 16.8 Å². The van der Waals surface area contributed by atoms with Gasteiger partial charge < -0.3 is 19.4 Å². The summed E-state index contributed by atoms with van der Waals surface area (Å²) in [4.78, 5) is 18.7. The number of methoxy groups -OCH3 is 2. The van der Waals surface area contributed by atoms with E-state index in [0.29, 0.717) is 6.54 Å². The van der Waals surface area contributed by atoms with Gasteiger partial charge in [-0.25, -0.2) is 0 Å². The van der Waals surface area contributed by atoms with Crippen molar-refractivity contribution in [3.8, 4) is 11.5 Å². The Bertz CT molecular complexity index is 1090. The van der Waals surface area contributed by atoms with Crippen molar-refractivity contribution in [2.45, 2.75) is 12.0 Å². The van der Waals surface area contributed by atoms with Crippen LogP contribution in [-0.2, 0) is 16.8 Å². The monoisotopic (exact) mass is 363 g/mol. The van der Waals surface area contributed by atoms with Crippen molar-refractivity contribution in [3.63, 3.8) is 0 Å². The Hall–Kier alpha value is -2.99. The molecule has 138 valence electrons. The van der Waals surface area contributed by atoms with Gasteiger partial charge in [0.05, 0.1) is 19.9 Å². The molecule has 2 aromatic carbocycles. The summed E-state index contributed by atoms with van der Waals surface area (Å²) in [7, 11) is 5.13. The van der Waals surface area contributed by atoms with Crippen molar-refractivity contribution in [1.29, 1.82) is 0 Å². The number of rotatable bonds is 2. The van der Waals surface area contributed by atoms with E-state index in [2.05, 4.69) is 10.3 Å². The first kappa shape index (κ1) is 16.2. The first-order valence-corrected chi connectivity index (χ1v) is 9.01. The molecule has 2 aliphatic heterocycles. The van der Waals surface area contributed by atoms with Gasteiger partial charge in [-0.15, -0.1) is 0 Å². The Labute approximate surface area is 157 Å². The molecule has 1 amide bonds. The Balaban J connectivity index is 1.82. The number of benzene rings is 2. The van der Waals surface area contributed by atoms with Crippen LogP contribution in [-0.4, -0.2) is 38.7 Å². The van der Waals surface area contributed by atoms with E-state index in [-0.39, 0.29) is 5.91 Å². The SMILES string of the molecule is COc1ccc2c(c1)[C@@]1(NCCc3c1[nH]c1ccc(OC)cc31)C(=O)N2C. The molecule has 2 aliphatic rings. The standard InChI is InChI=1S/C21H21N3O3/c1-24-18-7-5-13(27-3)11-16(18)21(20(24)25)19-14(8-9-22-21)15-10-12(26-2)4-6-17(15)23-19/h4-7,10-11,22-23H,8-9H2,1-3H3/t21-/m0/s1. The number of anilines is 1. The molecule has 0 saturated carbocycles. The smallest absolute Gasteiger partial charge is 0.257 e. The highest BCUT2D eigenvalue weighted by Gasteiger charge is 2.54. The average molecular weight is 363 g/mol. The maximum atomic E-state index is 13.5. The third-order valence-electron chi connectivity index (χ3n) is 5.85. The van der Waals surface area contributed by atoms with Gasteiger partial charge in [0.1, 0.15) is 11.5 Å². The van der Waals surface area contributed by atoms with E-state index >= 15 is 0 Å². The number of likely N-dealkylation sites (N-methyl/N-ethyl adjacent to an activating group) is 1. The van der Waals surface area contributed by atoms with Gasteiger partial charge in [-0.3, -0.25) is 10.1 Å². The molecule has 0 radical (unpaired) electrons. The molecule has 2 N–H and O–H groups in total. The summed E-state index contributed by atoms with van der Waals surface area (Å²) in [6, 6.07) is 11.8. The molecule has 0 unspecified atom stereocenters. The maximum Gasteiger partial charge on any atom is 0.257 e. The summed E-state index contributed by atoms with van der Waals surface area (Å²) >= 11 is 0. The lowest BCUT2D eigenvalue weighted by Gasteiger charge is -2.34. The van der Waals surface area contributed by atoms with Crippen molar-refractivity contribution in [1.82, 2.24) is 10.3 Å². The highest BCUT2D eigenvalue weighted by atomic mass is 16.5. The topological polar surface area (TPSA) is 66.6 Å². The number of nitrogens with zero attached hydrogens (tertiary/aromatic N) is 1. The lowest BCUT2D eigenvalue weighted by Crippen LogP contribution is -2.54. The highest BCUT2D eigenvalue weighted by molar-refractivity contribution is 6.11. The second kappa shape index (κ2) is 5.50. The Kier molecular flexibility index (Phi) is 3.30. The molecule has 0 aliphatic carbocycles. The Morgan fingerprint density at radius 2 is 1.81 bits per heavy atom. The van der Waals surface area contributed by atoms with Crippen molar-refractivity contribution >= 4 is 22.5 Å². The Morgan fingerprint density at radius 3 is 2.59 bits per heavy atom. The van der Waals surface area contributed by atoms with E-state index in [4.69, 9.17) is 9.47 Å². The maximum absolute atomic E-state index is 13.5. The number of fused-ring (bicyclic) bond motifs is 6. The van der Waals surface area contributed by atoms with Crippen LogP contribution in [0.4, 0.5) is 5.69 Å². The zero-order valence-electron chi connectivity index (χ0n) is 15.6. The first-order chi connectivity index (χ1) is 13.1. The summed E-state index contributed by atoms with van der Waals surface area (Å²) in [5.41, 5.74) is 4.00. The van der Waals surface area contributed by atoms with Gasteiger partial charge in [-0.1, -0.05) is 0 Å². The summed E-state index contributed by atoms with van der Waals surface area (Å²) in [5.74, 6) is 1.57. The third kappa shape index (κ3) is 1.96. The van der Waals surface area contributed by atoms with E-state index < -0.39 is 5.54 Å². The van der Waals surface area contributed by atoms with Crippen LogP contribution in [0.15, 0.2) is 36.4 Å². The van der Waals surface area contributed by atoms with Gasteiger partial charge in [0.25, 0.3) is 5.91 Å². The van der Waals surface area contributed by atoms with Crippen LogP contribution in [0, 0.1) is 0 Å². The fourth-order valence-corrected chi connectivity index (χ4v) is 4.52. The largest absolute Gasteiger partial charge is 0.497 e. The molecule has 6 nitrogen and oxygen atoms in total. The number of nitrogens with one attached hydrogen (secondary N) is 2. The van der Waals surface area contributed by atoms with E-state index in [1.807, 2.05) is 43.4 Å². The molecule has 0 fully saturated rings. The number of carbonyl (C=O) groups is 1. The van der Waals surface area contributed by atoms with Gasteiger partial charge in [0.15, 0.2) is 5.54 Å². The van der Waals surface area contributed by atoms with Crippen molar-refractivity contribution in [2.75, 3.05) is 32.7 Å². The van der Waals surface area contributed by atoms with Gasteiger partial charge >= 0.3 is 0 Å². The number of carbonyl (C=O) groups excluding carboxylic acids is 1. The van der Waals surface area contributed by atoms with Crippen LogP contribution in [0.3, 0.4) is 0 Å². The summed E-state index contributed by atoms with van der Waals surface area (Å²) in [6.07, 6.45) is 0.848. The predicted molar refractivity (Wildman–Crippen MR) is 104 cm³/mol. The number of hydrogen-bond donors (Lipinski definition) is 2. The first-order valence-electron chi connectivity index (χ1n) is 9.01. The molecule has 5 rings (SSSR count). The second-order valence-electron chi connectivity index (χ2n) is 7.06. The molecular formula is C21H21N3O3. The molecule has 0 saturated heterocycles. The number of amides is 1. The summed E-state index contributed by atoms with van der Waals surface area (Å²) in [5, 5.41) is 4.63. The lowest BCUT2D eigenvalue weighted by atomic mass is 9.82. The number of ether oxygens (including phenoxy) is 2. The van der Waals surface area contributed by atoms with E-state index in [9.17, 15) is 4.79 Å². The number of aromatic nitrogens is 1. The normalized spacial score (nSPS) is 20.9. The minimum atomic E-state index is -0.918. The van der Waals surface area contributed by atoms with Crippen molar-refractivity contribution in [2.24, 2.45) is 0 Å². The number of H-pyrrole nitrogens is 1. The fourth-order valence-electron chi connectivity index (χ4n) is 4.52. The molecule has 0 bridgehead atoms. The second-order valence-corrected chi connectivity index (χ2v) is 7.06. The highest BCUT2D eigenvalue weighted by Crippen LogP contribution is 2.48. The molecule has 27 heavy (non-hydrogen) atoms. The van der Waals surface area contributed by atoms with E-state index in [1.54, 1.807) is 19.1 Å². The molecular weight excluding hydrogens is 342 g/mol. The summed E-state index contributed by atoms with van der Waals surface area (Å²) < 4.78 is 10.8. The average Bonchev–Trinajstić information content (AvgIpc) is 3.18. The van der Waals surface area contributed by atoms with E-state index in [0.717, 1.165) is 45.8 Å². The van der Waals surface area contributed by atoms with Crippen LogP contribution in [0.5, 0.6) is 11.5 Å². The fraction of sp³-hybridized carbons (Fsp3) is 0.286. The molecule has 6 heteroatoms. The quantitative estimate of drug-likeness (QED) is 0.734. The number of aromatic amines is 1. The zero-order chi connectivity index (χ0) is 18.8. The molecule has 3 heterocycles. The predicted octanol–water partition coefficient (Wildman–Crippen LogP) is 2.55. The van der Waals surface area contributed by atoms with Crippen LogP contribution < -0.4 is 19.7 Å². The minimum Gasteiger partial charge on any atom is -0.497 e. The molecule has 1 atom stereocenters. The van der Waals surface area contributed by atoms with Crippen molar-refractivity contribution in [3.05, 3.63) is 53.2 Å². The minimum absolute atomic E-state index is 0.0187. The number of hydrogen-bond acceptors (Lipinski definition) is 4. The van der Waals surface area contributed by atoms with Crippen LogP contribution >= 0.6 is 0 Å². The molecule has 1 spiro atoms. The van der Waals surface area contributed by atoms with Gasteiger partial charge in [0, 0.05) is 35.7 Å². The molecule has 3 aromatic rings.